The van der Waals surface area contributed by atoms with Crippen molar-refractivity contribution >= 4 is 23.0 Å². The number of aromatic nitrogens is 1. The minimum Gasteiger partial charge on any atom is -0.493 e. The molecule has 7 nitrogen and oxygen atoms in total. The number of para-hydroxylation sites is 1. The fraction of sp³-hybridized carbons (Fsp3) is 0.333. The van der Waals surface area contributed by atoms with Crippen molar-refractivity contribution in [2.45, 2.75) is 31.7 Å². The van der Waals surface area contributed by atoms with Gasteiger partial charge >= 0.3 is 5.97 Å². The van der Waals surface area contributed by atoms with Crippen LogP contribution >= 0.6 is 0 Å². The molecule has 0 radical (unpaired) electrons. The summed E-state index contributed by atoms with van der Waals surface area (Å²) in [5.41, 5.74) is 5.25. The molecule has 0 amide bonds. The predicted octanol–water partition coefficient (Wildman–Crippen LogP) is 5.21. The number of rotatable bonds is 8. The van der Waals surface area contributed by atoms with E-state index in [0.29, 0.717) is 19.6 Å². The molecule has 3 heterocycles. The van der Waals surface area contributed by atoms with Gasteiger partial charge in [-0.3, -0.25) is 9.78 Å². The number of hydrogen-bond acceptors (Lipinski definition) is 7. The van der Waals surface area contributed by atoms with Crippen LogP contribution in [0, 0.1) is 0 Å². The van der Waals surface area contributed by atoms with Crippen LogP contribution in [0.25, 0.3) is 0 Å². The van der Waals surface area contributed by atoms with Gasteiger partial charge in [-0.1, -0.05) is 25.1 Å². The fourth-order valence-electron chi connectivity index (χ4n) is 4.71. The van der Waals surface area contributed by atoms with E-state index >= 15 is 0 Å². The highest BCUT2D eigenvalue weighted by molar-refractivity contribution is 5.73. The molecule has 1 N–H and O–H groups in total. The second-order valence-electron chi connectivity index (χ2n) is 8.61. The maximum atomic E-state index is 11.7. The van der Waals surface area contributed by atoms with Crippen LogP contribution in [0.4, 0.5) is 17.1 Å². The summed E-state index contributed by atoms with van der Waals surface area (Å²) in [6.45, 7) is 4.08. The van der Waals surface area contributed by atoms with Crippen molar-refractivity contribution in [1.82, 2.24) is 4.98 Å². The Bertz CT molecular complexity index is 1170. The van der Waals surface area contributed by atoms with Crippen LogP contribution in [-0.4, -0.2) is 37.8 Å². The lowest BCUT2D eigenvalue weighted by Crippen LogP contribution is -2.18. The molecule has 0 saturated heterocycles. The molecule has 0 fully saturated rings. The molecule has 0 spiro atoms. The number of fused-ring (bicyclic) bond motifs is 2. The Balaban J connectivity index is 1.37. The van der Waals surface area contributed by atoms with Gasteiger partial charge in [0.1, 0.15) is 18.1 Å². The van der Waals surface area contributed by atoms with Gasteiger partial charge in [0.15, 0.2) is 0 Å². The number of benzene rings is 2. The monoisotopic (exact) mass is 459 g/mol. The first kappa shape index (κ1) is 22.1. The summed E-state index contributed by atoms with van der Waals surface area (Å²) in [6, 6.07) is 16.4. The van der Waals surface area contributed by atoms with E-state index < -0.39 is 0 Å². The van der Waals surface area contributed by atoms with Gasteiger partial charge < -0.3 is 24.4 Å². The largest absolute Gasteiger partial charge is 0.493 e. The van der Waals surface area contributed by atoms with Crippen molar-refractivity contribution in [3.05, 3.63) is 72.1 Å². The van der Waals surface area contributed by atoms with Crippen molar-refractivity contribution in [3.8, 4) is 11.5 Å². The Hall–Kier alpha value is -3.74. The maximum Gasteiger partial charge on any atom is 0.306 e. The summed E-state index contributed by atoms with van der Waals surface area (Å²) in [4.78, 5) is 18.3. The summed E-state index contributed by atoms with van der Waals surface area (Å²) < 4.78 is 16.9. The number of pyridine rings is 1. The number of hydrogen-bond donors (Lipinski definition) is 1. The van der Waals surface area contributed by atoms with Gasteiger partial charge in [-0.05, 0) is 30.7 Å². The highest BCUT2D eigenvalue weighted by atomic mass is 16.5. The maximum absolute atomic E-state index is 11.7. The molecule has 34 heavy (non-hydrogen) atoms. The highest BCUT2D eigenvalue weighted by Gasteiger charge is 2.30. The Morgan fingerprint density at radius 1 is 1.15 bits per heavy atom. The number of nitrogens with zero attached hydrogens (tertiary/aromatic N) is 2. The van der Waals surface area contributed by atoms with Crippen molar-refractivity contribution in [3.63, 3.8) is 0 Å². The van der Waals surface area contributed by atoms with Crippen LogP contribution in [0.3, 0.4) is 0 Å². The number of anilines is 3. The zero-order chi connectivity index (χ0) is 23.5. The average molecular weight is 460 g/mol. The quantitative estimate of drug-likeness (QED) is 0.463. The number of ether oxygens (including phenoxy) is 3. The molecule has 5 rings (SSSR count). The van der Waals surface area contributed by atoms with E-state index in [0.717, 1.165) is 52.7 Å². The summed E-state index contributed by atoms with van der Waals surface area (Å²) in [5.74, 6) is 1.54. The first-order chi connectivity index (χ1) is 16.7. The number of methoxy groups -OCH3 is 1. The average Bonchev–Trinajstić information content (AvgIpc) is 3.47. The molecule has 0 saturated carbocycles. The van der Waals surface area contributed by atoms with Crippen molar-refractivity contribution < 1.29 is 19.0 Å². The van der Waals surface area contributed by atoms with Gasteiger partial charge in [0, 0.05) is 41.5 Å². The van der Waals surface area contributed by atoms with E-state index in [1.165, 1.54) is 7.11 Å². The number of esters is 1. The summed E-state index contributed by atoms with van der Waals surface area (Å²) >= 11 is 0. The Kier molecular flexibility index (Phi) is 6.25. The van der Waals surface area contributed by atoms with E-state index in [1.807, 2.05) is 30.5 Å². The number of nitrogens with one attached hydrogen (secondary N) is 1. The smallest absolute Gasteiger partial charge is 0.306 e. The summed E-state index contributed by atoms with van der Waals surface area (Å²) in [7, 11) is 1.41. The third-order valence-corrected chi connectivity index (χ3v) is 6.37. The standard InChI is InChI=1S/C27H29N3O4/c1-3-12-30(20-6-5-11-28-15-20)24-8-4-7-22-23(17-34-27(22)24)29-19-9-10-21-18(13-26(31)32-2)16-33-25(21)14-19/h4-11,14-15,18,23,29H,3,12-13,16-17H2,1-2H3/t18-,23-/m1/s1. The Labute approximate surface area is 199 Å². The van der Waals surface area contributed by atoms with E-state index in [1.54, 1.807) is 6.20 Å². The molecule has 2 aliphatic rings. The van der Waals surface area contributed by atoms with E-state index in [-0.39, 0.29) is 17.9 Å². The van der Waals surface area contributed by atoms with Crippen molar-refractivity contribution in [2.75, 3.05) is 37.1 Å². The Morgan fingerprint density at radius 2 is 2.06 bits per heavy atom. The first-order valence-electron chi connectivity index (χ1n) is 11.7. The first-order valence-corrected chi connectivity index (χ1v) is 11.7. The summed E-state index contributed by atoms with van der Waals surface area (Å²) in [6.07, 6.45) is 5.01. The molecule has 0 unspecified atom stereocenters. The molecular formula is C27H29N3O4. The van der Waals surface area contributed by atoms with E-state index in [2.05, 4.69) is 46.4 Å². The van der Waals surface area contributed by atoms with Crippen LogP contribution in [-0.2, 0) is 9.53 Å². The molecule has 2 aromatic carbocycles. The third-order valence-electron chi connectivity index (χ3n) is 6.37. The lowest BCUT2D eigenvalue weighted by atomic mass is 9.97. The molecule has 2 aliphatic heterocycles. The minimum absolute atomic E-state index is 0.0256. The van der Waals surface area contributed by atoms with Gasteiger partial charge in [0.25, 0.3) is 0 Å². The van der Waals surface area contributed by atoms with E-state index in [4.69, 9.17) is 14.2 Å². The number of carbonyl (C=O) groups is 1. The molecule has 176 valence electrons. The van der Waals surface area contributed by atoms with Crippen LogP contribution in [0.1, 0.15) is 42.9 Å². The fourth-order valence-corrected chi connectivity index (χ4v) is 4.71. The van der Waals surface area contributed by atoms with Gasteiger partial charge in [-0.2, -0.15) is 0 Å². The van der Waals surface area contributed by atoms with Crippen molar-refractivity contribution in [1.29, 1.82) is 0 Å². The van der Waals surface area contributed by atoms with Gasteiger partial charge in [-0.15, -0.1) is 0 Å². The topological polar surface area (TPSA) is 72.9 Å². The lowest BCUT2D eigenvalue weighted by molar-refractivity contribution is -0.141. The molecule has 3 aromatic rings. The van der Waals surface area contributed by atoms with Crippen molar-refractivity contribution in [2.24, 2.45) is 0 Å². The second-order valence-corrected chi connectivity index (χ2v) is 8.61. The highest BCUT2D eigenvalue weighted by Crippen LogP contribution is 2.44. The van der Waals surface area contributed by atoms with Crippen LogP contribution < -0.4 is 19.7 Å². The molecule has 0 bridgehead atoms. The van der Waals surface area contributed by atoms with Gasteiger partial charge in [-0.25, -0.2) is 0 Å². The molecule has 1 aromatic heterocycles. The minimum atomic E-state index is -0.220. The predicted molar refractivity (Wildman–Crippen MR) is 131 cm³/mol. The molecule has 2 atom stereocenters. The third kappa shape index (κ3) is 4.25. The zero-order valence-electron chi connectivity index (χ0n) is 19.5. The molecular weight excluding hydrogens is 430 g/mol. The van der Waals surface area contributed by atoms with Gasteiger partial charge in [0.2, 0.25) is 0 Å². The van der Waals surface area contributed by atoms with Crippen LogP contribution in [0.5, 0.6) is 11.5 Å². The Morgan fingerprint density at radius 3 is 2.85 bits per heavy atom. The van der Waals surface area contributed by atoms with E-state index in [9.17, 15) is 4.79 Å². The van der Waals surface area contributed by atoms with Gasteiger partial charge in [0.05, 0.1) is 43.8 Å². The SMILES string of the molecule is CCCN(c1cccnc1)c1cccc2c1OC[C@H]2Nc1ccc2c(c1)OC[C@H]2CC(=O)OC. The van der Waals surface area contributed by atoms with Crippen LogP contribution in [0.2, 0.25) is 0 Å². The second kappa shape index (κ2) is 9.63. The normalized spacial score (nSPS) is 17.8. The lowest BCUT2D eigenvalue weighted by Gasteiger charge is -2.25. The summed E-state index contributed by atoms with van der Waals surface area (Å²) in [5, 5.41) is 3.60. The molecule has 7 heteroatoms. The molecule has 0 aliphatic carbocycles. The zero-order valence-corrected chi connectivity index (χ0v) is 19.5. The van der Waals surface area contributed by atoms with Crippen LogP contribution in [0.15, 0.2) is 60.9 Å². The number of carbonyl (C=O) groups excluding carboxylic acids is 1.